The fourth-order valence-electron chi connectivity index (χ4n) is 3.62. The van der Waals surface area contributed by atoms with Gasteiger partial charge in [0.05, 0.1) is 19.0 Å². The van der Waals surface area contributed by atoms with E-state index in [1.807, 2.05) is 18.2 Å². The van der Waals surface area contributed by atoms with E-state index < -0.39 is 17.9 Å². The summed E-state index contributed by atoms with van der Waals surface area (Å²) in [6, 6.07) is 17.8. The molecule has 0 bridgehead atoms. The van der Waals surface area contributed by atoms with Gasteiger partial charge in [-0.3, -0.25) is 14.4 Å². The molecule has 4 N–H and O–H groups in total. The van der Waals surface area contributed by atoms with Crippen molar-refractivity contribution >= 4 is 23.6 Å². The van der Waals surface area contributed by atoms with Gasteiger partial charge in [-0.2, -0.15) is 0 Å². The van der Waals surface area contributed by atoms with Gasteiger partial charge in [0, 0.05) is 24.7 Å². The fraction of sp³-hybridized carbons (Fsp3) is 0.259. The molecule has 3 aromatic rings. The monoisotopic (exact) mass is 492 g/mol. The Morgan fingerprint density at radius 2 is 1.67 bits per heavy atom. The highest BCUT2D eigenvalue weighted by molar-refractivity contribution is 5.85. The number of rotatable bonds is 13. The van der Waals surface area contributed by atoms with Crippen LogP contribution in [0, 0.1) is 5.82 Å². The Morgan fingerprint density at radius 1 is 0.917 bits per heavy atom. The number of carboxylic acid groups (broad SMARTS) is 1. The first-order valence-corrected chi connectivity index (χ1v) is 11.7. The van der Waals surface area contributed by atoms with E-state index in [4.69, 9.17) is 0 Å². The predicted octanol–water partition coefficient (Wildman–Crippen LogP) is 3.92. The molecule has 8 nitrogen and oxygen atoms in total. The zero-order valence-corrected chi connectivity index (χ0v) is 19.7. The van der Waals surface area contributed by atoms with Crippen molar-refractivity contribution in [2.75, 3.05) is 18.4 Å². The molecule has 0 aliphatic carbocycles. The summed E-state index contributed by atoms with van der Waals surface area (Å²) in [7, 11) is 0. The Balaban J connectivity index is 1.45. The normalized spacial score (nSPS) is 11.4. The summed E-state index contributed by atoms with van der Waals surface area (Å²) >= 11 is 0. The third kappa shape index (κ3) is 8.50. The van der Waals surface area contributed by atoms with Crippen molar-refractivity contribution in [3.8, 4) is 11.1 Å². The van der Waals surface area contributed by atoms with Crippen LogP contribution in [0.3, 0.4) is 0 Å². The average molecular weight is 493 g/mol. The number of amides is 2. The lowest BCUT2D eigenvalue weighted by Crippen LogP contribution is -2.39. The van der Waals surface area contributed by atoms with E-state index in [-0.39, 0.29) is 31.1 Å². The van der Waals surface area contributed by atoms with Crippen molar-refractivity contribution < 1.29 is 23.9 Å². The molecule has 1 atom stereocenters. The quantitative estimate of drug-likeness (QED) is 0.269. The highest BCUT2D eigenvalue weighted by atomic mass is 19.1. The molecule has 0 saturated heterocycles. The van der Waals surface area contributed by atoms with E-state index in [0.717, 1.165) is 12.2 Å². The molecule has 0 radical (unpaired) electrons. The van der Waals surface area contributed by atoms with E-state index in [9.17, 15) is 23.9 Å². The van der Waals surface area contributed by atoms with Crippen LogP contribution in [0.25, 0.3) is 11.1 Å². The molecule has 2 aromatic carbocycles. The van der Waals surface area contributed by atoms with E-state index in [1.165, 1.54) is 6.07 Å². The number of aromatic nitrogens is 1. The molecule has 3 rings (SSSR count). The summed E-state index contributed by atoms with van der Waals surface area (Å²) < 4.78 is 14.0. The Hall–Kier alpha value is -4.27. The Bertz CT molecular complexity index is 1160. The lowest BCUT2D eigenvalue weighted by atomic mass is 9.99. The van der Waals surface area contributed by atoms with Gasteiger partial charge < -0.3 is 21.1 Å². The second-order valence-electron chi connectivity index (χ2n) is 8.20. The molecule has 0 spiro atoms. The van der Waals surface area contributed by atoms with Crippen molar-refractivity contribution in [3.05, 3.63) is 84.3 Å². The smallest absolute Gasteiger partial charge is 0.305 e. The Kier molecular flexibility index (Phi) is 9.93. The molecular weight excluding hydrogens is 463 g/mol. The van der Waals surface area contributed by atoms with Crippen LogP contribution in [0.4, 0.5) is 10.2 Å². The number of aliphatic carboxylic acids is 1. The third-order valence-electron chi connectivity index (χ3n) is 5.46. The first-order valence-electron chi connectivity index (χ1n) is 11.7. The predicted molar refractivity (Wildman–Crippen MR) is 135 cm³/mol. The fourth-order valence-corrected chi connectivity index (χ4v) is 3.62. The van der Waals surface area contributed by atoms with Crippen LogP contribution in [-0.4, -0.2) is 41.0 Å². The molecule has 1 unspecified atom stereocenters. The van der Waals surface area contributed by atoms with Gasteiger partial charge in [-0.25, -0.2) is 9.37 Å². The van der Waals surface area contributed by atoms with Gasteiger partial charge in [-0.05, 0) is 42.2 Å². The van der Waals surface area contributed by atoms with Crippen LogP contribution in [0.15, 0.2) is 72.9 Å². The van der Waals surface area contributed by atoms with E-state index >= 15 is 0 Å². The van der Waals surface area contributed by atoms with Gasteiger partial charge in [0.25, 0.3) is 0 Å². The van der Waals surface area contributed by atoms with Crippen molar-refractivity contribution in [2.45, 2.75) is 31.7 Å². The maximum absolute atomic E-state index is 14.0. The largest absolute Gasteiger partial charge is 0.481 e. The number of nitrogens with one attached hydrogen (secondary N) is 3. The Morgan fingerprint density at radius 3 is 2.36 bits per heavy atom. The number of halogens is 1. The number of unbranched alkanes of at least 4 members (excludes halogenated alkanes) is 1. The number of hydrogen-bond acceptors (Lipinski definition) is 5. The topological polar surface area (TPSA) is 120 Å². The zero-order valence-electron chi connectivity index (χ0n) is 19.7. The molecule has 36 heavy (non-hydrogen) atoms. The number of benzene rings is 2. The van der Waals surface area contributed by atoms with Crippen molar-refractivity contribution in [2.24, 2.45) is 0 Å². The van der Waals surface area contributed by atoms with E-state index in [1.54, 1.807) is 48.7 Å². The maximum atomic E-state index is 14.0. The number of carboxylic acids is 1. The number of hydrogen-bond donors (Lipinski definition) is 4. The average Bonchev–Trinajstić information content (AvgIpc) is 2.88. The molecule has 188 valence electrons. The number of nitrogens with zero attached hydrogens (tertiary/aromatic N) is 1. The molecule has 1 aromatic heterocycles. The zero-order chi connectivity index (χ0) is 25.8. The summed E-state index contributed by atoms with van der Waals surface area (Å²) in [5, 5.41) is 17.7. The summed E-state index contributed by atoms with van der Waals surface area (Å²) in [5.41, 5.74) is 1.63. The van der Waals surface area contributed by atoms with Gasteiger partial charge in [-0.15, -0.1) is 0 Å². The molecule has 9 heteroatoms. The highest BCUT2D eigenvalue weighted by Crippen LogP contribution is 2.25. The minimum Gasteiger partial charge on any atom is -0.481 e. The second kappa shape index (κ2) is 13.6. The van der Waals surface area contributed by atoms with Crippen LogP contribution in [0.5, 0.6) is 0 Å². The molecule has 0 aliphatic heterocycles. The lowest BCUT2D eigenvalue weighted by Gasteiger charge is -2.18. The SMILES string of the molecule is O=C(O)CC(NC(=O)CNC(=O)CCCCNc1ccccn1)c1ccc(-c2ccccc2F)cc1. The van der Waals surface area contributed by atoms with Gasteiger partial charge in [-0.1, -0.05) is 48.5 Å². The van der Waals surface area contributed by atoms with Crippen LogP contribution >= 0.6 is 0 Å². The Labute approximate surface area is 209 Å². The molecule has 2 amide bonds. The summed E-state index contributed by atoms with van der Waals surface area (Å²) in [5.74, 6) is -1.42. The number of anilines is 1. The number of carbonyl (C=O) groups excluding carboxylic acids is 2. The van der Waals surface area contributed by atoms with Gasteiger partial charge in [0.15, 0.2) is 0 Å². The number of carbonyl (C=O) groups is 3. The molecule has 0 fully saturated rings. The summed E-state index contributed by atoms with van der Waals surface area (Å²) in [4.78, 5) is 40.0. The molecule has 0 saturated carbocycles. The minimum absolute atomic E-state index is 0.256. The van der Waals surface area contributed by atoms with Crippen molar-refractivity contribution in [1.29, 1.82) is 0 Å². The van der Waals surface area contributed by atoms with Crippen molar-refractivity contribution in [1.82, 2.24) is 15.6 Å². The molecular formula is C27H29FN4O4. The van der Waals surface area contributed by atoms with Crippen LogP contribution in [0.2, 0.25) is 0 Å². The van der Waals surface area contributed by atoms with Crippen LogP contribution < -0.4 is 16.0 Å². The van der Waals surface area contributed by atoms with Gasteiger partial charge in [0.2, 0.25) is 11.8 Å². The van der Waals surface area contributed by atoms with Gasteiger partial charge in [0.1, 0.15) is 11.6 Å². The molecule has 0 aliphatic rings. The number of pyridine rings is 1. The minimum atomic E-state index is -1.08. The first kappa shape index (κ1) is 26.3. The van der Waals surface area contributed by atoms with Crippen molar-refractivity contribution in [3.63, 3.8) is 0 Å². The van der Waals surface area contributed by atoms with E-state index in [2.05, 4.69) is 20.9 Å². The summed E-state index contributed by atoms with van der Waals surface area (Å²) in [6.07, 6.45) is 3.04. The molecule has 1 heterocycles. The standard InChI is InChI=1S/C27H29FN4O4/c28-22-8-2-1-7-21(22)19-11-13-20(14-12-19)23(17-27(35)36)32-26(34)18-31-25(33)10-4-6-16-30-24-9-3-5-15-29-24/h1-3,5,7-9,11-15,23H,4,6,10,16-18H2,(H,29,30)(H,31,33)(H,32,34)(H,35,36). The van der Waals surface area contributed by atoms with Crippen LogP contribution in [-0.2, 0) is 14.4 Å². The summed E-state index contributed by atoms with van der Waals surface area (Å²) in [6.45, 7) is 0.422. The van der Waals surface area contributed by atoms with Gasteiger partial charge >= 0.3 is 5.97 Å². The highest BCUT2D eigenvalue weighted by Gasteiger charge is 2.19. The lowest BCUT2D eigenvalue weighted by molar-refractivity contribution is -0.138. The third-order valence-corrected chi connectivity index (χ3v) is 5.46. The second-order valence-corrected chi connectivity index (χ2v) is 8.20. The first-order chi connectivity index (χ1) is 17.4. The van der Waals surface area contributed by atoms with E-state index in [0.29, 0.717) is 29.7 Å². The van der Waals surface area contributed by atoms with Crippen LogP contribution in [0.1, 0.15) is 37.3 Å². The maximum Gasteiger partial charge on any atom is 0.305 e.